The molecular formula is C110H115N13O13. The lowest BCUT2D eigenvalue weighted by molar-refractivity contribution is -0.00236. The molecule has 136 heavy (non-hydrogen) atoms. The minimum absolute atomic E-state index is 0.00807. The van der Waals surface area contributed by atoms with Gasteiger partial charge in [-0.1, -0.05) is 136 Å². The second kappa shape index (κ2) is 36.4. The van der Waals surface area contributed by atoms with E-state index in [1.807, 2.05) is 257 Å². The third-order valence-electron chi connectivity index (χ3n) is 28.5. The topological polar surface area (TPSA) is 241 Å². The van der Waals surface area contributed by atoms with Gasteiger partial charge < -0.3 is 66.8 Å². The lowest BCUT2D eigenvalue weighted by Gasteiger charge is -2.44. The fraction of sp³-hybridized carbons (Fsp3) is 0.345. The second-order valence-electron chi connectivity index (χ2n) is 38.1. The summed E-state index contributed by atoms with van der Waals surface area (Å²) in [6, 6.07) is 69.8. The van der Waals surface area contributed by atoms with E-state index in [1.165, 1.54) is 5.56 Å². The van der Waals surface area contributed by atoms with Crippen molar-refractivity contribution in [1.82, 2.24) is 63.3 Å². The zero-order valence-electron chi connectivity index (χ0n) is 79.0. The number of nitrogens with zero attached hydrogens (tertiary/aromatic N) is 13. The van der Waals surface area contributed by atoms with Gasteiger partial charge in [-0.05, 0) is 127 Å². The van der Waals surface area contributed by atoms with Crippen molar-refractivity contribution in [3.63, 3.8) is 0 Å². The third-order valence-corrected chi connectivity index (χ3v) is 28.5. The molecule has 698 valence electrons. The fourth-order valence-corrected chi connectivity index (χ4v) is 21.4. The molecule has 23 rings (SSSR count). The summed E-state index contributed by atoms with van der Waals surface area (Å²) in [6.07, 6.45) is 16.4. The maximum absolute atomic E-state index is 13.9. The van der Waals surface area contributed by atoms with Gasteiger partial charge in [-0.2, -0.15) is 20.4 Å². The average Bonchev–Trinajstić information content (AvgIpc) is 1.53. The average molecular weight is 1830 g/mol. The Morgan fingerprint density at radius 3 is 1.20 bits per heavy atom. The Labute approximate surface area is 792 Å². The van der Waals surface area contributed by atoms with Gasteiger partial charge in [0, 0.05) is 218 Å². The first kappa shape index (κ1) is 89.5. The van der Waals surface area contributed by atoms with Crippen molar-refractivity contribution < 1.29 is 61.8 Å². The van der Waals surface area contributed by atoms with Gasteiger partial charge in [0.1, 0.15) is 63.0 Å². The van der Waals surface area contributed by atoms with Gasteiger partial charge in [0.05, 0.1) is 92.2 Å². The van der Waals surface area contributed by atoms with Crippen LogP contribution in [-0.4, -0.2) is 179 Å². The molecule has 5 fully saturated rings. The van der Waals surface area contributed by atoms with Gasteiger partial charge in [0.15, 0.2) is 11.5 Å². The van der Waals surface area contributed by atoms with Gasteiger partial charge in [-0.3, -0.25) is 37.9 Å². The molecule has 14 heterocycles. The number of fused-ring (bicyclic) bond motifs is 17. The highest BCUT2D eigenvalue weighted by atomic mass is 16.6. The predicted molar refractivity (Wildman–Crippen MR) is 519 cm³/mol. The highest BCUT2D eigenvalue weighted by molar-refractivity contribution is 6.07. The summed E-state index contributed by atoms with van der Waals surface area (Å²) in [4.78, 5) is 61.6. The molecule has 0 N–H and O–H groups in total. The number of carbonyl (C=O) groups excluding carboxylic acids is 4. The van der Waals surface area contributed by atoms with E-state index < -0.39 is 22.4 Å². The number of benzene rings is 9. The maximum atomic E-state index is 13.9. The molecule has 4 amide bonds. The minimum Gasteiger partial charge on any atom is -0.496 e. The Balaban J connectivity index is 0.000000112. The Kier molecular flexibility index (Phi) is 24.0. The predicted octanol–water partition coefficient (Wildman–Crippen LogP) is 18.7. The number of para-hydroxylation sites is 6. The van der Waals surface area contributed by atoms with Crippen molar-refractivity contribution >= 4 is 34.5 Å². The highest BCUT2D eigenvalue weighted by Crippen LogP contribution is 2.55. The van der Waals surface area contributed by atoms with Gasteiger partial charge >= 0.3 is 0 Å². The molecular weight excluding hydrogens is 1710 g/mol. The Bertz CT molecular complexity index is 6830. The van der Waals surface area contributed by atoms with E-state index in [-0.39, 0.29) is 41.3 Å². The highest BCUT2D eigenvalue weighted by Gasteiger charge is 2.51. The zero-order valence-corrected chi connectivity index (χ0v) is 79.0. The smallest absolute Gasteiger partial charge is 0.257 e. The molecule has 9 aliphatic rings. The molecule has 0 unspecified atom stereocenters. The number of rotatable bonds is 12. The normalized spacial score (nSPS) is 17.3. The standard InChI is InChI=1S/C31H28N4O2.C27H29N3O5.C27H31N3O3.C25H27N3O3/c1-33-29-24-12-6-8-14-28(24)37-31(26(29)19-32-33)15-17-34(18-16-31)30(36)25-21-35(20-22-9-3-2-4-10-22)27-13-7-5-11-23(25)27;1-29-25-20-5-3-4-6-22(20)35-27(21(25)16-28-29)10-12-30(13-11-27)26(31)18-7-8-23(24(15-18)32-2)34-19-9-14-33-17-19;1-26(2,3)20-11-10-18(16-23(20)32-5)25(31)30-14-12-27(13-15-30)21-17-28-29(4)24(21)19-8-6-7-9-22(19)33-27;1-17(2)30-21-10-6-5-9-19(21)24(29)28-14-12-25(13-15-28)20-16-26-27(3)23(20)18-8-4-7-11-22(18)31-25/h2-14,19,21H,15-18,20H2,1H3;3-8,15-16,19H,9-14,17H2,1-2H3;6-11,16-17H,12-15H2,1-5H3;4-11,16-17H,12-15H2,1-3H3/t;19-;;/m.1../s1. The van der Waals surface area contributed by atoms with E-state index in [2.05, 4.69) is 106 Å². The quantitative estimate of drug-likeness (QED) is 0.110. The summed E-state index contributed by atoms with van der Waals surface area (Å²) in [6.45, 7) is 17.3. The van der Waals surface area contributed by atoms with Crippen LogP contribution in [0.15, 0.2) is 243 Å². The SMILES string of the molecule is CC(C)Oc1ccccc1C(=O)N1CCC2(CC1)Oc1ccccc1-c1c2cnn1C.COc1cc(C(=O)N2CCC3(CC2)Oc2ccccc2-c2c3cnn2C)ccc1C(C)(C)C.COc1cc(C(=O)N2CCC3(CC2)Oc2ccccc2-c2c3cnn2C)ccc1O[C@@H]1CCOC1.Cn1ncc2c1-c1ccccc1OC21CCN(C(=O)c2cn(Cc3ccccc3)c3ccccc23)CC1. The molecule has 4 spiro atoms. The van der Waals surface area contributed by atoms with Crippen molar-refractivity contribution in [1.29, 1.82) is 0 Å². The summed E-state index contributed by atoms with van der Waals surface area (Å²) in [5, 5.41) is 19.2. The number of ether oxygens (including phenoxy) is 9. The minimum atomic E-state index is -0.479. The maximum Gasteiger partial charge on any atom is 0.257 e. The Morgan fingerprint density at radius 1 is 0.412 bits per heavy atom. The molecule has 26 heteroatoms. The van der Waals surface area contributed by atoms with E-state index in [1.54, 1.807) is 20.3 Å². The van der Waals surface area contributed by atoms with E-state index >= 15 is 0 Å². The van der Waals surface area contributed by atoms with Crippen molar-refractivity contribution in [3.05, 3.63) is 299 Å². The summed E-state index contributed by atoms with van der Waals surface area (Å²) < 4.78 is 64.8. The Morgan fingerprint density at radius 2 is 0.787 bits per heavy atom. The molecule has 9 aliphatic heterocycles. The van der Waals surface area contributed by atoms with Crippen LogP contribution in [0.2, 0.25) is 0 Å². The van der Waals surface area contributed by atoms with Crippen molar-refractivity contribution in [2.75, 3.05) is 79.8 Å². The van der Waals surface area contributed by atoms with Gasteiger partial charge in [0.25, 0.3) is 23.6 Å². The number of hydrogen-bond donors (Lipinski definition) is 0. The first-order chi connectivity index (χ1) is 65.9. The number of aryl methyl sites for hydroxylation is 4. The number of carbonyl (C=O) groups is 4. The summed E-state index contributed by atoms with van der Waals surface area (Å²) in [7, 11) is 11.1. The number of amides is 4. The van der Waals surface area contributed by atoms with Gasteiger partial charge in [-0.15, -0.1) is 0 Å². The van der Waals surface area contributed by atoms with E-state index in [0.717, 1.165) is 170 Å². The molecule has 14 aromatic rings. The van der Waals surface area contributed by atoms with Crippen LogP contribution in [-0.2, 0) is 67.3 Å². The zero-order chi connectivity index (χ0) is 93.9. The van der Waals surface area contributed by atoms with E-state index in [4.69, 9.17) is 42.6 Å². The van der Waals surface area contributed by atoms with Crippen LogP contribution in [0.1, 0.15) is 167 Å². The van der Waals surface area contributed by atoms with Gasteiger partial charge in [0.2, 0.25) is 0 Å². The molecule has 5 aromatic heterocycles. The molecule has 0 radical (unpaired) electrons. The second-order valence-corrected chi connectivity index (χ2v) is 38.1. The van der Waals surface area contributed by atoms with Crippen molar-refractivity contribution in [2.24, 2.45) is 28.2 Å². The number of aromatic nitrogens is 9. The molecule has 26 nitrogen and oxygen atoms in total. The number of hydrogen-bond acceptors (Lipinski definition) is 17. The van der Waals surface area contributed by atoms with E-state index in [0.29, 0.717) is 112 Å². The van der Waals surface area contributed by atoms with Crippen molar-refractivity contribution in [3.8, 4) is 91.0 Å². The van der Waals surface area contributed by atoms with Crippen LogP contribution >= 0.6 is 0 Å². The Hall–Kier alpha value is -14.4. The summed E-state index contributed by atoms with van der Waals surface area (Å²) in [5.74, 6) is 6.23. The lowest BCUT2D eigenvalue weighted by atomic mass is 9.81. The van der Waals surface area contributed by atoms with Crippen LogP contribution in [0.3, 0.4) is 0 Å². The van der Waals surface area contributed by atoms with Crippen LogP contribution in [0.5, 0.6) is 46.0 Å². The van der Waals surface area contributed by atoms with Gasteiger partial charge in [-0.25, -0.2) is 0 Å². The molecule has 5 saturated heterocycles. The first-order valence-electron chi connectivity index (χ1n) is 47.3. The summed E-state index contributed by atoms with van der Waals surface area (Å²) in [5.41, 5.74) is 17.3. The molecule has 9 aromatic carbocycles. The van der Waals surface area contributed by atoms with Crippen LogP contribution in [0.25, 0.3) is 55.9 Å². The van der Waals surface area contributed by atoms with Crippen LogP contribution < -0.4 is 37.9 Å². The lowest BCUT2D eigenvalue weighted by Crippen LogP contribution is -2.49. The number of methoxy groups -OCH3 is 2. The fourth-order valence-electron chi connectivity index (χ4n) is 21.4. The molecule has 0 aliphatic carbocycles. The largest absolute Gasteiger partial charge is 0.496 e. The summed E-state index contributed by atoms with van der Waals surface area (Å²) >= 11 is 0. The first-order valence-corrected chi connectivity index (χ1v) is 47.3. The molecule has 0 bridgehead atoms. The monoisotopic (exact) mass is 1830 g/mol. The molecule has 0 saturated carbocycles. The number of piperidine rings is 4. The van der Waals surface area contributed by atoms with Crippen molar-refractivity contribution in [2.45, 2.75) is 139 Å². The molecule has 1 atom stereocenters. The third kappa shape index (κ3) is 16.6. The van der Waals surface area contributed by atoms with Crippen LogP contribution in [0.4, 0.5) is 0 Å². The van der Waals surface area contributed by atoms with Crippen LogP contribution in [0, 0.1) is 0 Å². The van der Waals surface area contributed by atoms with E-state index in [9.17, 15) is 19.2 Å². The number of likely N-dealkylation sites (tertiary alicyclic amines) is 4.